The summed E-state index contributed by atoms with van der Waals surface area (Å²) in [6.45, 7) is -0.382. The second kappa shape index (κ2) is 11.0. The number of rotatable bonds is 2. The summed E-state index contributed by atoms with van der Waals surface area (Å²) in [5, 5.41) is 22.4. The highest BCUT2D eigenvalue weighted by Gasteiger charge is 2.52. The molecule has 0 amide bonds. The maximum absolute atomic E-state index is 13.5. The average molecular weight is 687 g/mol. The van der Waals surface area contributed by atoms with Gasteiger partial charge >= 0.3 is 7.60 Å². The second-order valence-corrected chi connectivity index (χ2v) is 14.0. The molecule has 4 aromatic rings. The molecular formula is C21H25N10O13P2-. The van der Waals surface area contributed by atoms with Gasteiger partial charge in [0.1, 0.15) is 36.6 Å². The molecule has 0 spiro atoms. The summed E-state index contributed by atoms with van der Waals surface area (Å²) in [5.41, 5.74) is 9.53. The second-order valence-electron chi connectivity index (χ2n) is 10.6. The van der Waals surface area contributed by atoms with Gasteiger partial charge in [-0.2, -0.15) is 9.97 Å². The van der Waals surface area contributed by atoms with E-state index < -0.39 is 88.8 Å². The molecule has 8 N–H and O–H groups in total. The fourth-order valence-corrected chi connectivity index (χ4v) is 7.62. The number of ether oxygens (including phenoxy) is 2. The first-order valence-electron chi connectivity index (χ1n) is 13.4. The fraction of sp³-hybridized carbons (Fsp3) is 0.524. The number of anilines is 2. The number of imidazole rings is 2. The number of aromatic nitrogens is 8. The van der Waals surface area contributed by atoms with Gasteiger partial charge < -0.3 is 49.6 Å². The molecule has 0 aliphatic carbocycles. The monoisotopic (exact) mass is 687 g/mol. The van der Waals surface area contributed by atoms with Crippen LogP contribution in [-0.2, 0) is 36.7 Å². The molecule has 7 heterocycles. The number of nitrogen functional groups attached to an aromatic ring is 2. The Morgan fingerprint density at radius 2 is 1.30 bits per heavy atom. The van der Waals surface area contributed by atoms with Crippen molar-refractivity contribution in [3.05, 3.63) is 33.4 Å². The van der Waals surface area contributed by atoms with Gasteiger partial charge in [0.2, 0.25) is 11.9 Å². The quantitative estimate of drug-likeness (QED) is 0.115. The van der Waals surface area contributed by atoms with Crippen molar-refractivity contribution in [3.8, 4) is 0 Å². The molecule has 0 radical (unpaired) electrons. The fourth-order valence-electron chi connectivity index (χ4n) is 5.49. The van der Waals surface area contributed by atoms with E-state index in [1.807, 2.05) is 0 Å². The van der Waals surface area contributed by atoms with Crippen molar-refractivity contribution in [3.63, 3.8) is 0 Å². The number of aliphatic hydroxyl groups is 2. The molecule has 3 fully saturated rings. The molecule has 23 nitrogen and oxygen atoms in total. The van der Waals surface area contributed by atoms with E-state index >= 15 is 0 Å². The average Bonchev–Trinajstić information content (AvgIpc) is 3.72. The summed E-state index contributed by atoms with van der Waals surface area (Å²) >= 11 is 0. The molecule has 4 unspecified atom stereocenters. The van der Waals surface area contributed by atoms with E-state index in [2.05, 4.69) is 29.9 Å². The largest absolute Gasteiger partial charge is 0.756 e. The molecule has 248 valence electrons. The van der Waals surface area contributed by atoms with Gasteiger partial charge in [0.25, 0.3) is 18.9 Å². The maximum atomic E-state index is 13.5. The molecule has 10 atom stereocenters. The highest BCUT2D eigenvalue weighted by molar-refractivity contribution is 7.53. The Labute approximate surface area is 254 Å². The minimum Gasteiger partial charge on any atom is -0.756 e. The molecule has 3 aliphatic rings. The van der Waals surface area contributed by atoms with Gasteiger partial charge in [0.05, 0.1) is 25.9 Å². The number of phosphoric acid groups is 1. The van der Waals surface area contributed by atoms with Crippen LogP contribution in [0.2, 0.25) is 0 Å². The van der Waals surface area contributed by atoms with Crippen LogP contribution >= 0.6 is 15.4 Å². The number of aromatic amines is 2. The number of aliphatic hydroxyl groups excluding tert-OH is 2. The lowest BCUT2D eigenvalue weighted by molar-refractivity contribution is -0.236. The van der Waals surface area contributed by atoms with Crippen molar-refractivity contribution in [2.45, 2.75) is 49.1 Å². The van der Waals surface area contributed by atoms with Crippen LogP contribution < -0.4 is 27.5 Å². The molecule has 4 aromatic heterocycles. The van der Waals surface area contributed by atoms with Gasteiger partial charge in [-0.1, -0.05) is 0 Å². The van der Waals surface area contributed by atoms with Gasteiger partial charge in [-0.05, 0) is 0 Å². The van der Waals surface area contributed by atoms with Crippen LogP contribution in [0.3, 0.4) is 0 Å². The Morgan fingerprint density at radius 1 is 0.848 bits per heavy atom. The minimum atomic E-state index is -5.29. The lowest BCUT2D eigenvalue weighted by atomic mass is 10.1. The van der Waals surface area contributed by atoms with Gasteiger partial charge in [-0.3, -0.25) is 42.3 Å². The standard InChI is InChI=1S/C21H26N10O13P2/c1-45(36)39-2-6-13(11(33)19(41-6)31-5-25-9-15(31)27-21(23)29-17(9)35)44-46(37,38)40-3-7-12(43-45)10(32)18(42-7)30-4-24-8-14(30)26-20(22)28-16(8)34/h4-7,10-13,18-19,32-33H,2-3H2,1H3,(H,37,38)(H3,22,26,28,34)(H3,23,27,29,35)/p-1/t6-,7-,10-,11-,12?,13?,18+,19+,45?/m0/s1. The maximum Gasteiger partial charge on any atom is 0.328 e. The molecule has 0 saturated carbocycles. The van der Waals surface area contributed by atoms with Gasteiger partial charge in [-0.15, -0.1) is 0 Å². The van der Waals surface area contributed by atoms with E-state index in [0.717, 1.165) is 23.9 Å². The van der Waals surface area contributed by atoms with Gasteiger partial charge in [-0.25, -0.2) is 9.97 Å². The SMILES string of the molecule is CP1(=O)OC[C@@H]2O[C@@H](n3cnc4c(=O)[nH]c(N)nc43)[C@@H](O)C2OP(=O)([O-])OC[C@@H]2O[C@@H](n3cnc4c(=O)[nH]c(N)nc43)[C@@H](O)C2O1. The van der Waals surface area contributed by atoms with Crippen LogP contribution in [0, 0.1) is 0 Å². The number of H-pyrrole nitrogens is 2. The van der Waals surface area contributed by atoms with Crippen molar-refractivity contribution in [1.82, 2.24) is 39.0 Å². The zero-order valence-electron chi connectivity index (χ0n) is 23.3. The van der Waals surface area contributed by atoms with Gasteiger partial charge in [0.15, 0.2) is 34.8 Å². The number of nitrogens with two attached hydrogens (primary N) is 2. The van der Waals surface area contributed by atoms with Crippen molar-refractivity contribution >= 4 is 49.6 Å². The van der Waals surface area contributed by atoms with Crippen molar-refractivity contribution in [2.75, 3.05) is 31.3 Å². The van der Waals surface area contributed by atoms with Crippen LogP contribution in [-0.4, -0.2) is 106 Å². The lowest BCUT2D eigenvalue weighted by Crippen LogP contribution is -2.40. The Bertz CT molecular complexity index is 1900. The molecule has 0 aromatic carbocycles. The molecule has 3 saturated heterocycles. The smallest absolute Gasteiger partial charge is 0.328 e. The van der Waals surface area contributed by atoms with Crippen molar-refractivity contribution < 1.29 is 51.8 Å². The number of phosphoric ester groups is 1. The summed E-state index contributed by atoms with van der Waals surface area (Å²) in [6, 6.07) is 0. The summed E-state index contributed by atoms with van der Waals surface area (Å²) in [7, 11) is -9.40. The Balaban J connectivity index is 1.18. The molecule has 3 aliphatic heterocycles. The predicted octanol–water partition coefficient (Wildman–Crippen LogP) is -2.96. The van der Waals surface area contributed by atoms with E-state index in [-0.39, 0.29) is 34.2 Å². The van der Waals surface area contributed by atoms with Crippen LogP contribution in [0.4, 0.5) is 11.9 Å². The Hall–Kier alpha value is -3.60. The summed E-state index contributed by atoms with van der Waals surface area (Å²) < 4.78 is 62.0. The first-order valence-corrected chi connectivity index (χ1v) is 16.8. The summed E-state index contributed by atoms with van der Waals surface area (Å²) in [5.74, 6) is -0.506. The number of nitrogens with zero attached hydrogens (tertiary/aromatic N) is 6. The van der Waals surface area contributed by atoms with Crippen LogP contribution in [0.15, 0.2) is 22.2 Å². The third kappa shape index (κ3) is 5.34. The Morgan fingerprint density at radius 3 is 1.80 bits per heavy atom. The predicted molar refractivity (Wildman–Crippen MR) is 148 cm³/mol. The summed E-state index contributed by atoms with van der Waals surface area (Å²) in [4.78, 5) is 58.0. The molecular weight excluding hydrogens is 662 g/mol. The molecule has 7 rings (SSSR count). The van der Waals surface area contributed by atoms with E-state index in [0.29, 0.717) is 0 Å². The van der Waals surface area contributed by atoms with E-state index in [1.54, 1.807) is 0 Å². The number of nitrogens with one attached hydrogen (secondary N) is 2. The van der Waals surface area contributed by atoms with E-state index in [9.17, 15) is 33.8 Å². The third-order valence-electron chi connectivity index (χ3n) is 7.50. The van der Waals surface area contributed by atoms with E-state index in [4.69, 9.17) is 39.0 Å². The highest BCUT2D eigenvalue weighted by atomic mass is 31.2. The normalized spacial score (nSPS) is 37.1. The zero-order valence-corrected chi connectivity index (χ0v) is 25.1. The van der Waals surface area contributed by atoms with Crippen LogP contribution in [0.1, 0.15) is 12.5 Å². The Kier molecular flexibility index (Phi) is 7.41. The van der Waals surface area contributed by atoms with Crippen molar-refractivity contribution in [1.29, 1.82) is 0 Å². The highest BCUT2D eigenvalue weighted by Crippen LogP contribution is 2.52. The molecule has 0 bridgehead atoms. The number of fused-ring (bicyclic) bond motifs is 4. The number of hydrogen-bond donors (Lipinski definition) is 6. The lowest BCUT2D eigenvalue weighted by Gasteiger charge is -2.32. The molecule has 25 heteroatoms. The summed E-state index contributed by atoms with van der Waals surface area (Å²) in [6.07, 6.45) is -9.97. The minimum absolute atomic E-state index is 0.0704. The van der Waals surface area contributed by atoms with Crippen molar-refractivity contribution in [2.24, 2.45) is 0 Å². The first kappa shape index (κ1) is 31.0. The molecule has 46 heavy (non-hydrogen) atoms. The van der Waals surface area contributed by atoms with Gasteiger partial charge in [0, 0.05) is 6.66 Å². The first-order chi connectivity index (χ1) is 21.7. The zero-order chi connectivity index (χ0) is 32.7. The van der Waals surface area contributed by atoms with Crippen LogP contribution in [0.5, 0.6) is 0 Å². The van der Waals surface area contributed by atoms with E-state index in [1.165, 1.54) is 4.57 Å². The topological polar surface area (TPSA) is 332 Å². The third-order valence-corrected chi connectivity index (χ3v) is 9.71. The van der Waals surface area contributed by atoms with Crippen LogP contribution in [0.25, 0.3) is 22.3 Å². The number of hydrogen-bond acceptors (Lipinski definition) is 19.